The second-order valence-electron chi connectivity index (χ2n) is 8.00. The highest BCUT2D eigenvalue weighted by Crippen LogP contribution is 2.25. The van der Waals surface area contributed by atoms with Crippen molar-refractivity contribution in [3.05, 3.63) is 24.3 Å². The van der Waals surface area contributed by atoms with Crippen LogP contribution >= 0.6 is 0 Å². The van der Waals surface area contributed by atoms with Crippen LogP contribution in [0, 0.1) is 0 Å². The van der Waals surface area contributed by atoms with E-state index in [-0.39, 0.29) is 12.1 Å². The number of likely N-dealkylation sites (tertiary alicyclic amines) is 1. The zero-order valence-corrected chi connectivity index (χ0v) is 17.2. The molecule has 152 valence electrons. The zero-order valence-electron chi connectivity index (χ0n) is 17.2. The number of para-hydroxylation sites is 2. The molecular formula is C21H30N4O3. The Balaban J connectivity index is 1.75. The third kappa shape index (κ3) is 5.03. The van der Waals surface area contributed by atoms with Gasteiger partial charge in [0.15, 0.2) is 5.82 Å². The van der Waals surface area contributed by atoms with Crippen LogP contribution in [0.4, 0.5) is 10.6 Å². The monoisotopic (exact) mass is 386 g/mol. The van der Waals surface area contributed by atoms with Gasteiger partial charge in [0, 0.05) is 13.1 Å². The smallest absolute Gasteiger partial charge is 0.410 e. The Bertz CT molecular complexity index is 819. The number of aromatic nitrogens is 2. The number of rotatable bonds is 5. The molecule has 2 heterocycles. The van der Waals surface area contributed by atoms with Crippen LogP contribution < -0.4 is 10.1 Å². The Morgan fingerprint density at radius 2 is 1.93 bits per heavy atom. The van der Waals surface area contributed by atoms with Crippen LogP contribution in [-0.4, -0.2) is 52.3 Å². The summed E-state index contributed by atoms with van der Waals surface area (Å²) in [6.07, 6.45) is 2.76. The van der Waals surface area contributed by atoms with E-state index in [1.165, 1.54) is 0 Å². The lowest BCUT2D eigenvalue weighted by Gasteiger charge is -2.36. The molecular weight excluding hydrogens is 356 g/mol. The summed E-state index contributed by atoms with van der Waals surface area (Å²) in [6.45, 7) is 9.39. The Morgan fingerprint density at radius 1 is 1.21 bits per heavy atom. The number of carbonyl (C=O) groups excluding carboxylic acids is 1. The van der Waals surface area contributed by atoms with Gasteiger partial charge in [-0.2, -0.15) is 0 Å². The van der Waals surface area contributed by atoms with Gasteiger partial charge < -0.3 is 19.7 Å². The fourth-order valence-corrected chi connectivity index (χ4v) is 3.32. The van der Waals surface area contributed by atoms with Crippen molar-refractivity contribution < 1.29 is 14.3 Å². The molecule has 1 aromatic heterocycles. The fraction of sp³-hybridized carbons (Fsp3) is 0.571. The minimum absolute atomic E-state index is 0.0475. The molecule has 1 amide bonds. The molecule has 1 N–H and O–H groups in total. The molecule has 3 rings (SSSR count). The van der Waals surface area contributed by atoms with Gasteiger partial charge in [0.1, 0.15) is 5.60 Å². The second-order valence-corrected chi connectivity index (χ2v) is 8.00. The van der Waals surface area contributed by atoms with E-state index in [4.69, 9.17) is 9.47 Å². The average Bonchev–Trinajstić information content (AvgIpc) is 2.65. The lowest BCUT2D eigenvalue weighted by molar-refractivity contribution is 0.0114. The van der Waals surface area contributed by atoms with E-state index in [9.17, 15) is 4.79 Å². The number of carbonyl (C=O) groups is 1. The molecule has 28 heavy (non-hydrogen) atoms. The minimum Gasteiger partial charge on any atom is -0.475 e. The molecule has 0 spiro atoms. The third-order valence-corrected chi connectivity index (χ3v) is 4.58. The molecule has 1 aliphatic heterocycles. The van der Waals surface area contributed by atoms with Crippen molar-refractivity contribution in [3.63, 3.8) is 0 Å². The van der Waals surface area contributed by atoms with Gasteiger partial charge in [0.05, 0.1) is 23.7 Å². The van der Waals surface area contributed by atoms with Gasteiger partial charge >= 0.3 is 6.09 Å². The van der Waals surface area contributed by atoms with Crippen molar-refractivity contribution in [2.75, 3.05) is 25.0 Å². The normalized spacial score (nSPS) is 17.4. The number of piperidine rings is 1. The first-order chi connectivity index (χ1) is 13.4. The van der Waals surface area contributed by atoms with Crippen LogP contribution in [-0.2, 0) is 4.74 Å². The number of hydrogen-bond donors (Lipinski definition) is 1. The van der Waals surface area contributed by atoms with Gasteiger partial charge in [0.2, 0.25) is 0 Å². The van der Waals surface area contributed by atoms with E-state index in [1.54, 1.807) is 0 Å². The van der Waals surface area contributed by atoms with E-state index < -0.39 is 5.60 Å². The topological polar surface area (TPSA) is 76.6 Å². The molecule has 7 nitrogen and oxygen atoms in total. The molecule has 1 aromatic carbocycles. The lowest BCUT2D eigenvalue weighted by Crippen LogP contribution is -2.49. The lowest BCUT2D eigenvalue weighted by atomic mass is 10.0. The largest absolute Gasteiger partial charge is 0.475 e. The Kier molecular flexibility index (Phi) is 6.21. The Labute approximate surface area is 166 Å². The summed E-state index contributed by atoms with van der Waals surface area (Å²) in [5.41, 5.74) is 1.10. The summed E-state index contributed by atoms with van der Waals surface area (Å²) < 4.78 is 11.3. The number of fused-ring (bicyclic) bond motifs is 1. The third-order valence-electron chi connectivity index (χ3n) is 4.58. The van der Waals surface area contributed by atoms with Crippen molar-refractivity contribution in [2.45, 2.75) is 58.6 Å². The van der Waals surface area contributed by atoms with Gasteiger partial charge in [-0.25, -0.2) is 14.8 Å². The zero-order chi connectivity index (χ0) is 20.1. The summed E-state index contributed by atoms with van der Waals surface area (Å²) in [6, 6.07) is 7.76. The van der Waals surface area contributed by atoms with Crippen molar-refractivity contribution in [1.29, 1.82) is 0 Å². The summed E-state index contributed by atoms with van der Waals surface area (Å²) in [7, 11) is 0. The van der Waals surface area contributed by atoms with E-state index in [1.807, 2.05) is 56.9 Å². The first kappa shape index (κ1) is 20.2. The average molecular weight is 386 g/mol. The number of hydrogen-bond acceptors (Lipinski definition) is 6. The van der Waals surface area contributed by atoms with Crippen molar-refractivity contribution in [3.8, 4) is 5.88 Å². The van der Waals surface area contributed by atoms with Crippen molar-refractivity contribution >= 4 is 22.9 Å². The summed E-state index contributed by atoms with van der Waals surface area (Å²) in [5.74, 6) is 1.09. The van der Waals surface area contributed by atoms with Crippen LogP contribution in [0.1, 0.15) is 47.0 Å². The first-order valence-corrected chi connectivity index (χ1v) is 10.0. The van der Waals surface area contributed by atoms with Gasteiger partial charge in [-0.05, 0) is 59.1 Å². The highest BCUT2D eigenvalue weighted by atomic mass is 16.6. The first-order valence-electron chi connectivity index (χ1n) is 10.0. The molecule has 0 saturated carbocycles. The maximum absolute atomic E-state index is 12.6. The molecule has 0 radical (unpaired) electrons. The summed E-state index contributed by atoms with van der Waals surface area (Å²) in [5, 5.41) is 3.36. The van der Waals surface area contributed by atoms with Crippen LogP contribution in [0.3, 0.4) is 0 Å². The molecule has 0 bridgehead atoms. The maximum Gasteiger partial charge on any atom is 0.410 e. The molecule has 7 heteroatoms. The van der Waals surface area contributed by atoms with Gasteiger partial charge in [-0.15, -0.1) is 0 Å². The standard InChI is InChI=1S/C21H30N4O3/c1-5-27-19-18(23-16-11-6-7-12-17(16)24-19)22-14-15-10-8-9-13-25(15)20(26)28-21(2,3)4/h6-7,11-12,15H,5,8-10,13-14H2,1-4H3,(H,22,23)/t15-/m0/s1. The van der Waals surface area contributed by atoms with E-state index >= 15 is 0 Å². The Hall–Kier alpha value is -2.57. The van der Waals surface area contributed by atoms with Crippen molar-refractivity contribution in [2.24, 2.45) is 0 Å². The minimum atomic E-state index is -0.502. The number of benzene rings is 1. The molecule has 1 atom stereocenters. The molecule has 0 aliphatic carbocycles. The number of anilines is 1. The van der Waals surface area contributed by atoms with E-state index in [2.05, 4.69) is 15.3 Å². The van der Waals surface area contributed by atoms with Gasteiger partial charge in [0.25, 0.3) is 5.88 Å². The quantitative estimate of drug-likeness (QED) is 0.829. The van der Waals surface area contributed by atoms with Crippen LogP contribution in [0.2, 0.25) is 0 Å². The van der Waals surface area contributed by atoms with E-state index in [0.717, 1.165) is 30.3 Å². The SMILES string of the molecule is CCOc1nc2ccccc2nc1NC[C@@H]1CCCCN1C(=O)OC(C)(C)C. The molecule has 1 fully saturated rings. The van der Waals surface area contributed by atoms with Crippen molar-refractivity contribution in [1.82, 2.24) is 14.9 Å². The molecule has 1 saturated heterocycles. The predicted molar refractivity (Wildman–Crippen MR) is 110 cm³/mol. The number of nitrogens with one attached hydrogen (secondary N) is 1. The fourth-order valence-electron chi connectivity index (χ4n) is 3.32. The molecule has 1 aliphatic rings. The van der Waals surface area contributed by atoms with Crippen LogP contribution in [0.25, 0.3) is 11.0 Å². The highest BCUT2D eigenvalue weighted by Gasteiger charge is 2.30. The summed E-state index contributed by atoms with van der Waals surface area (Å²) >= 11 is 0. The van der Waals surface area contributed by atoms with Crippen LogP contribution in [0.15, 0.2) is 24.3 Å². The summed E-state index contributed by atoms with van der Waals surface area (Å²) in [4.78, 5) is 23.7. The Morgan fingerprint density at radius 3 is 2.61 bits per heavy atom. The predicted octanol–water partition coefficient (Wildman–Crippen LogP) is 4.23. The number of nitrogens with zero attached hydrogens (tertiary/aromatic N) is 3. The highest BCUT2D eigenvalue weighted by molar-refractivity contribution is 5.77. The maximum atomic E-state index is 12.6. The number of ether oxygens (including phenoxy) is 2. The van der Waals surface area contributed by atoms with Crippen LogP contribution in [0.5, 0.6) is 5.88 Å². The van der Waals surface area contributed by atoms with Gasteiger partial charge in [-0.1, -0.05) is 12.1 Å². The molecule has 0 unspecified atom stereocenters. The molecule has 2 aromatic rings. The van der Waals surface area contributed by atoms with E-state index in [0.29, 0.717) is 31.4 Å². The number of amides is 1. The van der Waals surface area contributed by atoms with Gasteiger partial charge in [-0.3, -0.25) is 0 Å². The second kappa shape index (κ2) is 8.63.